The van der Waals surface area contributed by atoms with E-state index in [0.717, 1.165) is 0 Å². The van der Waals surface area contributed by atoms with Crippen LogP contribution in [0, 0.1) is 17.3 Å². The Balaban J connectivity index is 2.01. The molecule has 0 aromatic heterocycles. The van der Waals surface area contributed by atoms with E-state index in [1.165, 1.54) is 20.5 Å². The molecule has 2 bridgehead atoms. The van der Waals surface area contributed by atoms with E-state index in [0.29, 0.717) is 24.8 Å². The van der Waals surface area contributed by atoms with Crippen LogP contribution in [0.25, 0.3) is 0 Å². The van der Waals surface area contributed by atoms with Gasteiger partial charge in [0.25, 0.3) is 0 Å². The van der Waals surface area contributed by atoms with Gasteiger partial charge in [-0.2, -0.15) is 0 Å². The first-order chi connectivity index (χ1) is 11.0. The smallest absolute Gasteiger partial charge is 0.316 e. The van der Waals surface area contributed by atoms with Crippen LogP contribution in [0.4, 0.5) is 0 Å². The third kappa shape index (κ3) is 1.51. The zero-order valence-corrected chi connectivity index (χ0v) is 13.0. The normalized spacial score (nSPS) is 43.3. The second-order valence-corrected chi connectivity index (χ2v) is 6.54. The zero-order chi connectivity index (χ0) is 16.4. The minimum atomic E-state index is -1.39. The molecule has 0 aromatic rings. The van der Waals surface area contributed by atoms with E-state index < -0.39 is 41.1 Å². The van der Waals surface area contributed by atoms with E-state index in [9.17, 15) is 14.4 Å². The third-order valence-corrected chi connectivity index (χ3v) is 5.87. The van der Waals surface area contributed by atoms with E-state index in [4.69, 9.17) is 18.9 Å². The highest BCUT2D eigenvalue weighted by Crippen LogP contribution is 2.70. The number of carbonyl (C=O) groups is 3. The second kappa shape index (κ2) is 4.56. The molecule has 4 rings (SSSR count). The Morgan fingerprint density at radius 1 is 1.26 bits per heavy atom. The van der Waals surface area contributed by atoms with Crippen LogP contribution in [-0.2, 0) is 33.3 Å². The third-order valence-electron chi connectivity index (χ3n) is 5.87. The lowest BCUT2D eigenvalue weighted by molar-refractivity contribution is -0.173. The lowest BCUT2D eigenvalue weighted by Gasteiger charge is -2.38. The topological polar surface area (TPSA) is 91.4 Å². The molecule has 4 aliphatic rings. The zero-order valence-electron chi connectivity index (χ0n) is 13.0. The van der Waals surface area contributed by atoms with Crippen molar-refractivity contribution in [2.24, 2.45) is 17.3 Å². The molecule has 2 aliphatic heterocycles. The summed E-state index contributed by atoms with van der Waals surface area (Å²) in [5, 5.41) is 0. The Morgan fingerprint density at radius 2 is 2.04 bits per heavy atom. The van der Waals surface area contributed by atoms with Crippen molar-refractivity contribution in [1.82, 2.24) is 0 Å². The molecular formula is C16H18O7. The number of ketones is 1. The van der Waals surface area contributed by atoms with Gasteiger partial charge in [0.2, 0.25) is 6.29 Å². The molecule has 0 aromatic carbocycles. The summed E-state index contributed by atoms with van der Waals surface area (Å²) >= 11 is 0. The van der Waals surface area contributed by atoms with Crippen molar-refractivity contribution in [2.75, 3.05) is 14.2 Å². The number of ether oxygens (including phenoxy) is 4. The number of esters is 2. The number of hydrogen-bond donors (Lipinski definition) is 0. The van der Waals surface area contributed by atoms with Crippen LogP contribution in [0.2, 0.25) is 0 Å². The lowest BCUT2D eigenvalue weighted by atomic mass is 9.61. The highest BCUT2D eigenvalue weighted by Gasteiger charge is 2.85. The summed E-state index contributed by atoms with van der Waals surface area (Å²) < 4.78 is 21.4. The summed E-state index contributed by atoms with van der Waals surface area (Å²) in [6.45, 7) is 0. The molecule has 0 unspecified atom stereocenters. The van der Waals surface area contributed by atoms with Gasteiger partial charge in [-0.15, -0.1) is 0 Å². The van der Waals surface area contributed by atoms with Gasteiger partial charge in [-0.3, -0.25) is 14.4 Å². The first-order valence-electron chi connectivity index (χ1n) is 7.74. The number of fused-ring (bicyclic) bond motifs is 1. The van der Waals surface area contributed by atoms with Gasteiger partial charge in [0, 0.05) is 12.3 Å². The van der Waals surface area contributed by atoms with Gasteiger partial charge in [-0.1, -0.05) is 0 Å². The first kappa shape index (κ1) is 14.7. The molecule has 124 valence electrons. The van der Waals surface area contributed by atoms with E-state index >= 15 is 0 Å². The Morgan fingerprint density at radius 3 is 2.74 bits per heavy atom. The van der Waals surface area contributed by atoms with Crippen molar-refractivity contribution < 1.29 is 33.3 Å². The largest absolute Gasteiger partial charge is 0.469 e. The molecule has 2 heterocycles. The average Bonchev–Trinajstić information content (AvgIpc) is 3.21. The van der Waals surface area contributed by atoms with Crippen LogP contribution < -0.4 is 0 Å². The predicted molar refractivity (Wildman–Crippen MR) is 73.7 cm³/mol. The molecule has 2 saturated carbocycles. The molecule has 3 fully saturated rings. The fourth-order valence-corrected chi connectivity index (χ4v) is 4.92. The Bertz CT molecular complexity index is 638. The summed E-state index contributed by atoms with van der Waals surface area (Å²) in [5.74, 6) is -2.70. The van der Waals surface area contributed by atoms with Crippen LogP contribution in [0.1, 0.15) is 25.7 Å². The first-order valence-corrected chi connectivity index (χ1v) is 7.74. The molecule has 0 N–H and O–H groups in total. The quantitative estimate of drug-likeness (QED) is 0.546. The molecule has 0 amide bonds. The summed E-state index contributed by atoms with van der Waals surface area (Å²) in [6, 6.07) is 0. The fraction of sp³-hybridized carbons (Fsp3) is 0.688. The highest BCUT2D eigenvalue weighted by atomic mass is 16.8. The van der Waals surface area contributed by atoms with E-state index in [-0.39, 0.29) is 12.2 Å². The van der Waals surface area contributed by atoms with Gasteiger partial charge in [0.1, 0.15) is 17.1 Å². The van der Waals surface area contributed by atoms with Crippen LogP contribution in [0.5, 0.6) is 0 Å². The maximum absolute atomic E-state index is 12.9. The van der Waals surface area contributed by atoms with Gasteiger partial charge < -0.3 is 18.9 Å². The molecule has 1 spiro atoms. The maximum atomic E-state index is 12.9. The molecule has 2 aliphatic carbocycles. The summed E-state index contributed by atoms with van der Waals surface area (Å²) in [4.78, 5) is 38.2. The predicted octanol–water partition coefficient (Wildman–Crippen LogP) is 0.717. The van der Waals surface area contributed by atoms with Crippen molar-refractivity contribution in [2.45, 2.75) is 37.6 Å². The Kier molecular flexibility index (Phi) is 2.91. The maximum Gasteiger partial charge on any atom is 0.316 e. The van der Waals surface area contributed by atoms with Crippen LogP contribution >= 0.6 is 0 Å². The van der Waals surface area contributed by atoms with Gasteiger partial charge in [-0.25, -0.2) is 0 Å². The Labute approximate surface area is 132 Å². The number of Topliss-reactive ketones (excluding diaryl/α,β-unsaturated/α-hetero) is 1. The SMILES string of the molecule is COC(=O)[C@H]1C2=CO[C@@H]3O[C@@]34CC[C@@H](C(=O)CC2)[C@@]14C(=O)OC. The Hall–Kier alpha value is -1.89. The summed E-state index contributed by atoms with van der Waals surface area (Å²) in [7, 11) is 2.54. The van der Waals surface area contributed by atoms with Crippen LogP contribution in [0.15, 0.2) is 11.8 Å². The molecule has 7 nitrogen and oxygen atoms in total. The van der Waals surface area contributed by atoms with Gasteiger partial charge >= 0.3 is 11.9 Å². The summed E-state index contributed by atoms with van der Waals surface area (Å²) in [5.41, 5.74) is -1.77. The molecule has 1 saturated heterocycles. The minimum absolute atomic E-state index is 0.0271. The highest BCUT2D eigenvalue weighted by molar-refractivity contribution is 5.97. The van der Waals surface area contributed by atoms with Crippen molar-refractivity contribution >= 4 is 17.7 Å². The molecule has 5 atom stereocenters. The van der Waals surface area contributed by atoms with E-state index in [1.807, 2.05) is 0 Å². The number of hydrogen-bond acceptors (Lipinski definition) is 7. The standard InChI is InChI=1S/C16H18O7/c1-20-12(18)11-8-3-4-10(17)9-5-6-15(14(23-15)22-7-8)16(9,11)13(19)21-2/h7,9,11,14H,3-6H2,1-2H3/t9-,11+,14+,15-,16-/m0/s1. The number of rotatable bonds is 2. The van der Waals surface area contributed by atoms with Crippen LogP contribution in [0.3, 0.4) is 0 Å². The monoisotopic (exact) mass is 322 g/mol. The van der Waals surface area contributed by atoms with Gasteiger partial charge in [0.15, 0.2) is 5.60 Å². The minimum Gasteiger partial charge on any atom is -0.469 e. The average molecular weight is 322 g/mol. The molecular weight excluding hydrogens is 304 g/mol. The van der Waals surface area contributed by atoms with Crippen molar-refractivity contribution in [3.8, 4) is 0 Å². The molecule has 23 heavy (non-hydrogen) atoms. The second-order valence-electron chi connectivity index (χ2n) is 6.54. The van der Waals surface area contributed by atoms with Crippen molar-refractivity contribution in [3.05, 3.63) is 11.8 Å². The fourth-order valence-electron chi connectivity index (χ4n) is 4.92. The number of epoxide rings is 1. The summed E-state index contributed by atoms with van der Waals surface area (Å²) in [6.07, 6.45) is 2.46. The lowest BCUT2D eigenvalue weighted by Crippen LogP contribution is -2.56. The van der Waals surface area contributed by atoms with Crippen molar-refractivity contribution in [1.29, 1.82) is 0 Å². The van der Waals surface area contributed by atoms with Crippen molar-refractivity contribution in [3.63, 3.8) is 0 Å². The van der Waals surface area contributed by atoms with Gasteiger partial charge in [0.05, 0.1) is 20.5 Å². The van der Waals surface area contributed by atoms with Crippen LogP contribution in [-0.4, -0.2) is 43.8 Å². The molecule has 0 radical (unpaired) electrons. The molecule has 7 heteroatoms. The van der Waals surface area contributed by atoms with E-state index in [2.05, 4.69) is 0 Å². The van der Waals surface area contributed by atoms with Gasteiger partial charge in [-0.05, 0) is 24.8 Å². The van der Waals surface area contributed by atoms with E-state index in [1.54, 1.807) is 0 Å². The number of carbonyl (C=O) groups excluding carboxylic acids is 3. The number of methoxy groups -OCH3 is 2.